The molecule has 2 amide bonds. The Morgan fingerprint density at radius 2 is 1.81 bits per heavy atom. The molecule has 2 aromatic carbocycles. The minimum absolute atomic E-state index is 0.228. The Kier molecular flexibility index (Phi) is 6.38. The summed E-state index contributed by atoms with van der Waals surface area (Å²) in [6, 6.07) is 12.5. The molecule has 0 aliphatic carbocycles. The van der Waals surface area contributed by atoms with Crippen LogP contribution in [0.2, 0.25) is 5.02 Å². The number of carbonyl (C=O) groups is 2. The largest absolute Gasteiger partial charge is 0.305 e. The van der Waals surface area contributed by atoms with Crippen LogP contribution in [0, 0.1) is 5.82 Å². The molecule has 3 aromatic rings. The molecule has 0 saturated carbocycles. The molecular formula is C22H20ClFN4O2S. The first-order valence-corrected chi connectivity index (χ1v) is 11.1. The normalized spacial score (nSPS) is 16.9. The topological polar surface area (TPSA) is 68.1 Å². The summed E-state index contributed by atoms with van der Waals surface area (Å²) in [6.45, 7) is 0.386. The van der Waals surface area contributed by atoms with E-state index in [2.05, 4.69) is 10.2 Å². The fourth-order valence-corrected chi connectivity index (χ4v) is 4.69. The van der Waals surface area contributed by atoms with Crippen molar-refractivity contribution < 1.29 is 14.0 Å². The molecular weight excluding hydrogens is 439 g/mol. The smallest absolute Gasteiger partial charge is 0.260 e. The van der Waals surface area contributed by atoms with Crippen LogP contribution in [-0.4, -0.2) is 43.3 Å². The summed E-state index contributed by atoms with van der Waals surface area (Å²) in [7, 11) is 1.80. The molecule has 31 heavy (non-hydrogen) atoms. The summed E-state index contributed by atoms with van der Waals surface area (Å²) in [5.41, 5.74) is 1.16. The number of hydrogen-bond acceptors (Lipinski definition) is 5. The summed E-state index contributed by atoms with van der Waals surface area (Å²) in [6.07, 6.45) is 2.23. The molecule has 1 aromatic heterocycles. The number of benzene rings is 2. The Bertz CT molecular complexity index is 1100. The van der Waals surface area contributed by atoms with Crippen LogP contribution in [-0.2, 0) is 11.8 Å². The molecule has 1 atom stereocenters. The van der Waals surface area contributed by atoms with E-state index in [-0.39, 0.29) is 17.6 Å². The zero-order valence-electron chi connectivity index (χ0n) is 16.8. The summed E-state index contributed by atoms with van der Waals surface area (Å²) in [5.74, 6) is -0.291. The van der Waals surface area contributed by atoms with Crippen molar-refractivity contribution in [3.63, 3.8) is 0 Å². The molecule has 1 aliphatic rings. The molecule has 160 valence electrons. The van der Waals surface area contributed by atoms with Crippen LogP contribution in [0.5, 0.6) is 0 Å². The van der Waals surface area contributed by atoms with Gasteiger partial charge in [-0.05, 0) is 61.4 Å². The van der Waals surface area contributed by atoms with E-state index >= 15 is 0 Å². The van der Waals surface area contributed by atoms with Gasteiger partial charge in [0.1, 0.15) is 5.82 Å². The number of carbonyl (C=O) groups excluding carboxylic acids is 2. The number of nitrogens with zero attached hydrogens (tertiary/aromatic N) is 4. The van der Waals surface area contributed by atoms with E-state index in [0.717, 1.165) is 18.4 Å². The maximum Gasteiger partial charge on any atom is 0.260 e. The third kappa shape index (κ3) is 4.65. The van der Waals surface area contributed by atoms with Gasteiger partial charge >= 0.3 is 0 Å². The van der Waals surface area contributed by atoms with Crippen molar-refractivity contribution in [3.05, 3.63) is 64.9 Å². The van der Waals surface area contributed by atoms with Crippen molar-refractivity contribution in [2.75, 3.05) is 6.54 Å². The lowest BCUT2D eigenvalue weighted by molar-refractivity contribution is -0.127. The van der Waals surface area contributed by atoms with Gasteiger partial charge < -0.3 is 4.57 Å². The predicted molar refractivity (Wildman–Crippen MR) is 117 cm³/mol. The Morgan fingerprint density at radius 3 is 2.52 bits per heavy atom. The van der Waals surface area contributed by atoms with Gasteiger partial charge in [-0.2, -0.15) is 0 Å². The van der Waals surface area contributed by atoms with Crippen molar-refractivity contribution in [1.29, 1.82) is 0 Å². The highest BCUT2D eigenvalue weighted by atomic mass is 35.5. The monoisotopic (exact) mass is 458 g/mol. The quantitative estimate of drug-likeness (QED) is 0.535. The van der Waals surface area contributed by atoms with Gasteiger partial charge in [0.25, 0.3) is 5.91 Å². The number of hydrogen-bond donors (Lipinski definition) is 0. The van der Waals surface area contributed by atoms with Crippen LogP contribution in [0.15, 0.2) is 53.7 Å². The second-order valence-electron chi connectivity index (χ2n) is 7.28. The third-order valence-electron chi connectivity index (χ3n) is 5.16. The van der Waals surface area contributed by atoms with E-state index in [1.165, 1.54) is 28.8 Å². The molecule has 1 saturated heterocycles. The van der Waals surface area contributed by atoms with Crippen LogP contribution in [0.1, 0.15) is 29.6 Å². The number of amides is 2. The highest BCUT2D eigenvalue weighted by Gasteiger charge is 2.33. The third-order valence-corrected chi connectivity index (χ3v) is 6.70. The van der Waals surface area contributed by atoms with Gasteiger partial charge in [0.15, 0.2) is 11.0 Å². The lowest BCUT2D eigenvalue weighted by atomic mass is 10.2. The predicted octanol–water partition coefficient (Wildman–Crippen LogP) is 4.59. The molecule has 0 spiro atoms. The number of aromatic nitrogens is 3. The second kappa shape index (κ2) is 9.20. The zero-order valence-corrected chi connectivity index (χ0v) is 18.4. The number of imide groups is 1. The van der Waals surface area contributed by atoms with E-state index in [4.69, 9.17) is 11.6 Å². The molecule has 6 nitrogen and oxygen atoms in total. The van der Waals surface area contributed by atoms with Gasteiger partial charge in [0.05, 0.1) is 5.25 Å². The SMILES string of the molecule is Cn1c(S[C@H]2CCCCN(C(=O)c3ccc(Cl)cc3)C2=O)nnc1-c1ccc(F)cc1. The molecule has 0 bridgehead atoms. The zero-order chi connectivity index (χ0) is 22.0. The first-order chi connectivity index (χ1) is 14.9. The van der Waals surface area contributed by atoms with Gasteiger partial charge in [0, 0.05) is 29.7 Å². The van der Waals surface area contributed by atoms with Crippen molar-refractivity contribution in [1.82, 2.24) is 19.7 Å². The maximum atomic E-state index is 13.2. The van der Waals surface area contributed by atoms with Crippen LogP contribution < -0.4 is 0 Å². The van der Waals surface area contributed by atoms with Gasteiger partial charge in [-0.25, -0.2) is 4.39 Å². The van der Waals surface area contributed by atoms with E-state index < -0.39 is 5.25 Å². The molecule has 0 unspecified atom stereocenters. The Balaban J connectivity index is 1.54. The fraction of sp³-hybridized carbons (Fsp3) is 0.273. The highest BCUT2D eigenvalue weighted by molar-refractivity contribution is 8.00. The Hall–Kier alpha value is -2.71. The number of rotatable bonds is 4. The summed E-state index contributed by atoms with van der Waals surface area (Å²) < 4.78 is 15.0. The van der Waals surface area contributed by atoms with Gasteiger partial charge in [-0.1, -0.05) is 29.8 Å². The van der Waals surface area contributed by atoms with E-state index in [0.29, 0.717) is 34.5 Å². The van der Waals surface area contributed by atoms with Crippen molar-refractivity contribution >= 4 is 35.2 Å². The van der Waals surface area contributed by atoms with Crippen molar-refractivity contribution in [2.24, 2.45) is 7.05 Å². The number of likely N-dealkylation sites (tertiary alicyclic amines) is 1. The van der Waals surface area contributed by atoms with Crippen molar-refractivity contribution in [3.8, 4) is 11.4 Å². The molecule has 1 fully saturated rings. The molecule has 9 heteroatoms. The van der Waals surface area contributed by atoms with E-state index in [9.17, 15) is 14.0 Å². The average Bonchev–Trinajstić information content (AvgIpc) is 3.02. The van der Waals surface area contributed by atoms with Crippen LogP contribution >= 0.6 is 23.4 Å². The van der Waals surface area contributed by atoms with Crippen LogP contribution in [0.25, 0.3) is 11.4 Å². The lowest BCUT2D eigenvalue weighted by Crippen LogP contribution is -2.41. The van der Waals surface area contributed by atoms with Gasteiger partial charge in [-0.3, -0.25) is 14.5 Å². The fourth-order valence-electron chi connectivity index (χ4n) is 3.46. The molecule has 1 aliphatic heterocycles. The molecule has 0 N–H and O–H groups in total. The highest BCUT2D eigenvalue weighted by Crippen LogP contribution is 2.31. The molecule has 0 radical (unpaired) electrons. The van der Waals surface area contributed by atoms with Gasteiger partial charge in [0.2, 0.25) is 5.91 Å². The molecule has 2 heterocycles. The summed E-state index contributed by atoms with van der Waals surface area (Å²) in [4.78, 5) is 27.5. The average molecular weight is 459 g/mol. The van der Waals surface area contributed by atoms with Crippen LogP contribution in [0.3, 0.4) is 0 Å². The first-order valence-electron chi connectivity index (χ1n) is 9.87. The first kappa shape index (κ1) is 21.5. The molecule has 4 rings (SSSR count). The van der Waals surface area contributed by atoms with Crippen molar-refractivity contribution in [2.45, 2.75) is 29.7 Å². The Labute approximate surface area is 188 Å². The lowest BCUT2D eigenvalue weighted by Gasteiger charge is -2.22. The summed E-state index contributed by atoms with van der Waals surface area (Å²) >= 11 is 7.21. The standard InChI is InChI=1S/C22H20ClFN4O2S/c1-27-19(14-7-11-17(24)12-8-14)25-26-22(27)31-18-4-2-3-13-28(21(18)30)20(29)15-5-9-16(23)10-6-15/h5-12,18H,2-4,13H2,1H3/t18-/m0/s1. The Morgan fingerprint density at radius 1 is 1.10 bits per heavy atom. The van der Waals surface area contributed by atoms with E-state index in [1.54, 1.807) is 48.0 Å². The van der Waals surface area contributed by atoms with Crippen LogP contribution in [0.4, 0.5) is 4.39 Å². The summed E-state index contributed by atoms with van der Waals surface area (Å²) in [5, 5.41) is 9.09. The second-order valence-corrected chi connectivity index (χ2v) is 8.88. The van der Waals surface area contributed by atoms with E-state index in [1.807, 2.05) is 0 Å². The minimum Gasteiger partial charge on any atom is -0.305 e. The number of thioether (sulfide) groups is 1. The number of halogens is 2. The minimum atomic E-state index is -0.442. The maximum absolute atomic E-state index is 13.2. The van der Waals surface area contributed by atoms with Gasteiger partial charge in [-0.15, -0.1) is 10.2 Å².